The fraction of sp³-hybridized carbons (Fsp3) is 0.647. The Morgan fingerprint density at radius 1 is 1.06 bits per heavy atom. The number of nitrogens with one attached hydrogen (secondary N) is 1. The van der Waals surface area contributed by atoms with Crippen LogP contribution in [0.3, 0.4) is 0 Å². The van der Waals surface area contributed by atoms with Crippen LogP contribution in [0.4, 0.5) is 0 Å². The second-order valence-corrected chi connectivity index (χ2v) is 6.24. The zero-order valence-corrected chi connectivity index (χ0v) is 12.5. The van der Waals surface area contributed by atoms with Crippen LogP contribution in [0, 0.1) is 32.6 Å². The van der Waals surface area contributed by atoms with E-state index in [0.717, 1.165) is 18.4 Å². The van der Waals surface area contributed by atoms with E-state index in [2.05, 4.69) is 52.1 Å². The Morgan fingerprint density at radius 2 is 1.67 bits per heavy atom. The zero-order valence-electron chi connectivity index (χ0n) is 12.5. The molecule has 1 aromatic rings. The maximum absolute atomic E-state index is 3.71. The molecule has 0 aliphatic heterocycles. The molecule has 2 unspecified atom stereocenters. The van der Waals surface area contributed by atoms with Crippen molar-refractivity contribution >= 4 is 0 Å². The third-order valence-electron chi connectivity index (χ3n) is 4.52. The molecule has 1 aliphatic carbocycles. The molecule has 2 atom stereocenters. The second kappa shape index (κ2) is 5.44. The summed E-state index contributed by atoms with van der Waals surface area (Å²) in [4.78, 5) is 0. The number of hydrogen-bond acceptors (Lipinski definition) is 1. The molecule has 18 heavy (non-hydrogen) atoms. The molecule has 0 saturated heterocycles. The van der Waals surface area contributed by atoms with Crippen molar-refractivity contribution in [3.63, 3.8) is 0 Å². The SMILES string of the molecule is Cc1cc(C)c(C(C)NCC(C)C2CC2)cc1C. The van der Waals surface area contributed by atoms with Gasteiger partial charge in [0.15, 0.2) is 0 Å². The van der Waals surface area contributed by atoms with Gasteiger partial charge in [-0.15, -0.1) is 0 Å². The van der Waals surface area contributed by atoms with Crippen LogP contribution in [0.15, 0.2) is 12.1 Å². The van der Waals surface area contributed by atoms with E-state index in [1.165, 1.54) is 35.1 Å². The monoisotopic (exact) mass is 245 g/mol. The molecular formula is C17H27N. The average Bonchev–Trinajstić information content (AvgIpc) is 3.14. The molecule has 0 bridgehead atoms. The minimum absolute atomic E-state index is 0.463. The summed E-state index contributed by atoms with van der Waals surface area (Å²) in [7, 11) is 0. The van der Waals surface area contributed by atoms with Gasteiger partial charge in [0, 0.05) is 6.04 Å². The number of benzene rings is 1. The van der Waals surface area contributed by atoms with Crippen molar-refractivity contribution in [2.75, 3.05) is 6.54 Å². The normalized spacial score (nSPS) is 18.7. The smallest absolute Gasteiger partial charge is 0.0294 e. The third kappa shape index (κ3) is 3.14. The molecular weight excluding hydrogens is 218 g/mol. The molecule has 0 radical (unpaired) electrons. The summed E-state index contributed by atoms with van der Waals surface area (Å²) < 4.78 is 0. The Labute approximate surface area is 112 Å². The van der Waals surface area contributed by atoms with Gasteiger partial charge in [-0.2, -0.15) is 0 Å². The van der Waals surface area contributed by atoms with E-state index in [1.54, 1.807) is 0 Å². The van der Waals surface area contributed by atoms with Crippen molar-refractivity contribution in [3.8, 4) is 0 Å². The van der Waals surface area contributed by atoms with Gasteiger partial charge in [0.2, 0.25) is 0 Å². The minimum atomic E-state index is 0.463. The summed E-state index contributed by atoms with van der Waals surface area (Å²) in [5, 5.41) is 3.71. The van der Waals surface area contributed by atoms with Crippen molar-refractivity contribution in [2.45, 2.75) is 53.5 Å². The molecule has 0 heterocycles. The highest BCUT2D eigenvalue weighted by Gasteiger charge is 2.27. The average molecular weight is 245 g/mol. The first-order valence-electron chi connectivity index (χ1n) is 7.30. The third-order valence-corrected chi connectivity index (χ3v) is 4.52. The molecule has 2 rings (SSSR count). The van der Waals surface area contributed by atoms with Crippen LogP contribution in [0.2, 0.25) is 0 Å². The zero-order chi connectivity index (χ0) is 13.3. The standard InChI is InChI=1S/C17H27N/c1-11-8-13(3)17(9-12(11)2)15(5)18-10-14(4)16-6-7-16/h8-9,14-16,18H,6-7,10H2,1-5H3. The topological polar surface area (TPSA) is 12.0 Å². The van der Waals surface area contributed by atoms with Crippen molar-refractivity contribution < 1.29 is 0 Å². The molecule has 1 aromatic carbocycles. The molecule has 1 fully saturated rings. The van der Waals surface area contributed by atoms with E-state index in [1.807, 2.05) is 0 Å². The highest BCUT2D eigenvalue weighted by atomic mass is 14.9. The van der Waals surface area contributed by atoms with Gasteiger partial charge in [0.25, 0.3) is 0 Å². The van der Waals surface area contributed by atoms with E-state index in [-0.39, 0.29) is 0 Å². The molecule has 0 aromatic heterocycles. The van der Waals surface area contributed by atoms with Crippen molar-refractivity contribution in [1.82, 2.24) is 5.32 Å². The largest absolute Gasteiger partial charge is 0.310 e. The van der Waals surface area contributed by atoms with Crippen LogP contribution < -0.4 is 5.32 Å². The van der Waals surface area contributed by atoms with Crippen LogP contribution in [-0.4, -0.2) is 6.54 Å². The van der Waals surface area contributed by atoms with Crippen LogP contribution in [0.1, 0.15) is 55.0 Å². The Morgan fingerprint density at radius 3 is 2.28 bits per heavy atom. The van der Waals surface area contributed by atoms with Crippen LogP contribution >= 0.6 is 0 Å². The van der Waals surface area contributed by atoms with E-state index >= 15 is 0 Å². The molecule has 100 valence electrons. The van der Waals surface area contributed by atoms with Gasteiger partial charge in [0.1, 0.15) is 0 Å². The predicted octanol–water partition coefficient (Wildman–Crippen LogP) is 4.31. The van der Waals surface area contributed by atoms with Crippen LogP contribution in [0.5, 0.6) is 0 Å². The maximum atomic E-state index is 3.71. The second-order valence-electron chi connectivity index (χ2n) is 6.24. The molecule has 1 saturated carbocycles. The predicted molar refractivity (Wildman–Crippen MR) is 79.0 cm³/mol. The van der Waals surface area contributed by atoms with Crippen molar-refractivity contribution in [3.05, 3.63) is 34.4 Å². The van der Waals surface area contributed by atoms with Gasteiger partial charge in [0.05, 0.1) is 0 Å². The van der Waals surface area contributed by atoms with Crippen molar-refractivity contribution in [2.24, 2.45) is 11.8 Å². The van der Waals surface area contributed by atoms with E-state index < -0.39 is 0 Å². The van der Waals surface area contributed by atoms with Gasteiger partial charge in [-0.25, -0.2) is 0 Å². The molecule has 1 heteroatoms. The summed E-state index contributed by atoms with van der Waals surface area (Å²) >= 11 is 0. The van der Waals surface area contributed by atoms with Gasteiger partial charge in [-0.1, -0.05) is 19.1 Å². The maximum Gasteiger partial charge on any atom is 0.0294 e. The van der Waals surface area contributed by atoms with E-state index in [0.29, 0.717) is 6.04 Å². The fourth-order valence-corrected chi connectivity index (χ4v) is 2.75. The summed E-state index contributed by atoms with van der Waals surface area (Å²) in [6, 6.07) is 5.13. The Bertz CT molecular complexity index is 418. The Hall–Kier alpha value is -0.820. The number of aryl methyl sites for hydroxylation is 3. The lowest BCUT2D eigenvalue weighted by Gasteiger charge is -2.20. The van der Waals surface area contributed by atoms with Crippen LogP contribution in [-0.2, 0) is 0 Å². The molecule has 1 N–H and O–H groups in total. The quantitative estimate of drug-likeness (QED) is 0.815. The first kappa shape index (κ1) is 13.6. The van der Waals surface area contributed by atoms with Gasteiger partial charge in [-0.3, -0.25) is 0 Å². The van der Waals surface area contributed by atoms with E-state index in [4.69, 9.17) is 0 Å². The summed E-state index contributed by atoms with van der Waals surface area (Å²) in [5.74, 6) is 1.82. The van der Waals surface area contributed by atoms with Crippen molar-refractivity contribution in [1.29, 1.82) is 0 Å². The lowest BCUT2D eigenvalue weighted by molar-refractivity contribution is 0.431. The highest BCUT2D eigenvalue weighted by Crippen LogP contribution is 2.36. The first-order valence-corrected chi connectivity index (χ1v) is 7.30. The summed E-state index contributed by atoms with van der Waals surface area (Å²) in [6.07, 6.45) is 2.89. The molecule has 0 amide bonds. The number of rotatable bonds is 5. The molecule has 0 spiro atoms. The van der Waals surface area contributed by atoms with Crippen LogP contribution in [0.25, 0.3) is 0 Å². The summed E-state index contributed by atoms with van der Waals surface area (Å²) in [5.41, 5.74) is 5.67. The first-order chi connectivity index (χ1) is 8.49. The lowest BCUT2D eigenvalue weighted by Crippen LogP contribution is -2.26. The van der Waals surface area contributed by atoms with E-state index in [9.17, 15) is 0 Å². The van der Waals surface area contributed by atoms with Gasteiger partial charge < -0.3 is 5.32 Å². The Kier molecular flexibility index (Phi) is 4.11. The highest BCUT2D eigenvalue weighted by molar-refractivity contribution is 5.38. The molecule has 1 nitrogen and oxygen atoms in total. The van der Waals surface area contributed by atoms with Gasteiger partial charge >= 0.3 is 0 Å². The fourth-order valence-electron chi connectivity index (χ4n) is 2.75. The number of hydrogen-bond donors (Lipinski definition) is 1. The Balaban J connectivity index is 1.99. The summed E-state index contributed by atoms with van der Waals surface area (Å²) in [6.45, 7) is 12.4. The lowest BCUT2D eigenvalue weighted by atomic mass is 9.96. The minimum Gasteiger partial charge on any atom is -0.310 e. The van der Waals surface area contributed by atoms with Gasteiger partial charge in [-0.05, 0) is 81.2 Å². The molecule has 1 aliphatic rings.